The fourth-order valence-corrected chi connectivity index (χ4v) is 2.28. The lowest BCUT2D eigenvalue weighted by atomic mass is 9.93. The predicted molar refractivity (Wildman–Crippen MR) is 75.4 cm³/mol. The van der Waals surface area contributed by atoms with Gasteiger partial charge in [-0.1, -0.05) is 34.6 Å². The molecule has 0 aliphatic rings. The summed E-state index contributed by atoms with van der Waals surface area (Å²) >= 11 is 1.35. The SMILES string of the molecule is CC(C(=O)O)C(C)C(=O)Nc1nc(C(C)(C)C)cs1. The zero-order chi connectivity index (χ0) is 14.8. The number of anilines is 1. The second-order valence-electron chi connectivity index (χ2n) is 5.69. The van der Waals surface area contributed by atoms with Gasteiger partial charge in [0, 0.05) is 16.7 Å². The van der Waals surface area contributed by atoms with Crippen LogP contribution in [0.5, 0.6) is 0 Å². The second-order valence-corrected chi connectivity index (χ2v) is 6.55. The Bertz CT molecular complexity index is 476. The lowest BCUT2D eigenvalue weighted by Crippen LogP contribution is -2.30. The molecule has 0 radical (unpaired) electrons. The summed E-state index contributed by atoms with van der Waals surface area (Å²) in [6.45, 7) is 9.26. The molecule has 0 bridgehead atoms. The average molecular weight is 284 g/mol. The molecule has 106 valence electrons. The third-order valence-corrected chi connectivity index (χ3v) is 3.81. The van der Waals surface area contributed by atoms with Crippen LogP contribution in [0.1, 0.15) is 40.3 Å². The minimum atomic E-state index is -0.975. The number of carbonyl (C=O) groups excluding carboxylic acids is 1. The number of thiazole rings is 1. The highest BCUT2D eigenvalue weighted by atomic mass is 32.1. The summed E-state index contributed by atoms with van der Waals surface area (Å²) in [5, 5.41) is 14.0. The number of aromatic nitrogens is 1. The number of hydrogen-bond donors (Lipinski definition) is 2. The van der Waals surface area contributed by atoms with Crippen molar-refractivity contribution in [2.75, 3.05) is 5.32 Å². The van der Waals surface area contributed by atoms with Crippen LogP contribution >= 0.6 is 11.3 Å². The number of rotatable bonds is 4. The topological polar surface area (TPSA) is 79.3 Å². The summed E-state index contributed by atoms with van der Waals surface area (Å²) in [6.07, 6.45) is 0. The molecule has 2 atom stereocenters. The summed E-state index contributed by atoms with van der Waals surface area (Å²) in [5.74, 6) is -2.61. The molecule has 1 rings (SSSR count). The van der Waals surface area contributed by atoms with Crippen LogP contribution in [0, 0.1) is 11.8 Å². The lowest BCUT2D eigenvalue weighted by molar-refractivity contribution is -0.145. The minimum absolute atomic E-state index is 0.0700. The van der Waals surface area contributed by atoms with E-state index in [1.165, 1.54) is 18.3 Å². The molecule has 0 saturated heterocycles. The molecule has 0 fully saturated rings. The van der Waals surface area contributed by atoms with E-state index in [-0.39, 0.29) is 11.3 Å². The van der Waals surface area contributed by atoms with Gasteiger partial charge in [-0.05, 0) is 0 Å². The molecule has 6 heteroatoms. The van der Waals surface area contributed by atoms with Crippen molar-refractivity contribution in [2.24, 2.45) is 11.8 Å². The van der Waals surface area contributed by atoms with Crippen molar-refractivity contribution in [3.8, 4) is 0 Å². The summed E-state index contributed by atoms with van der Waals surface area (Å²) in [7, 11) is 0. The van der Waals surface area contributed by atoms with Gasteiger partial charge in [0.05, 0.1) is 11.6 Å². The molecule has 1 heterocycles. The maximum absolute atomic E-state index is 11.9. The largest absolute Gasteiger partial charge is 0.481 e. The molecule has 1 aromatic rings. The molecule has 1 amide bonds. The van der Waals surface area contributed by atoms with E-state index in [4.69, 9.17) is 5.11 Å². The number of nitrogens with one attached hydrogen (secondary N) is 1. The Hall–Kier alpha value is -1.43. The van der Waals surface area contributed by atoms with Crippen molar-refractivity contribution in [3.63, 3.8) is 0 Å². The van der Waals surface area contributed by atoms with E-state index in [1.807, 2.05) is 26.2 Å². The van der Waals surface area contributed by atoms with Crippen LogP contribution in [-0.2, 0) is 15.0 Å². The summed E-state index contributed by atoms with van der Waals surface area (Å²) < 4.78 is 0. The highest BCUT2D eigenvalue weighted by molar-refractivity contribution is 7.13. The molecule has 0 aromatic carbocycles. The standard InChI is InChI=1S/C13H20N2O3S/c1-7(8(2)11(17)18)10(16)15-12-14-9(6-19-12)13(3,4)5/h6-8H,1-5H3,(H,17,18)(H,14,15,16). The van der Waals surface area contributed by atoms with Gasteiger partial charge < -0.3 is 10.4 Å². The van der Waals surface area contributed by atoms with E-state index in [1.54, 1.807) is 6.92 Å². The van der Waals surface area contributed by atoms with Crippen molar-refractivity contribution in [1.82, 2.24) is 4.98 Å². The molecule has 0 spiro atoms. The first kappa shape index (κ1) is 15.6. The monoisotopic (exact) mass is 284 g/mol. The first-order valence-electron chi connectivity index (χ1n) is 6.12. The summed E-state index contributed by atoms with van der Waals surface area (Å²) in [4.78, 5) is 27.1. The van der Waals surface area contributed by atoms with E-state index in [0.717, 1.165) is 5.69 Å². The van der Waals surface area contributed by atoms with Gasteiger partial charge in [0.2, 0.25) is 5.91 Å². The van der Waals surface area contributed by atoms with Crippen molar-refractivity contribution in [3.05, 3.63) is 11.1 Å². The van der Waals surface area contributed by atoms with Crippen molar-refractivity contribution in [1.29, 1.82) is 0 Å². The average Bonchev–Trinajstić information content (AvgIpc) is 2.74. The molecule has 5 nitrogen and oxygen atoms in total. The maximum Gasteiger partial charge on any atom is 0.307 e. The molecule has 0 saturated carbocycles. The van der Waals surface area contributed by atoms with Crippen LogP contribution in [0.4, 0.5) is 5.13 Å². The number of amides is 1. The van der Waals surface area contributed by atoms with Crippen molar-refractivity contribution >= 4 is 28.3 Å². The van der Waals surface area contributed by atoms with E-state index in [2.05, 4.69) is 10.3 Å². The normalized spacial score (nSPS) is 14.8. The molecule has 1 aromatic heterocycles. The number of hydrogen-bond acceptors (Lipinski definition) is 4. The van der Waals surface area contributed by atoms with Crippen molar-refractivity contribution < 1.29 is 14.7 Å². The Balaban J connectivity index is 2.72. The first-order valence-corrected chi connectivity index (χ1v) is 7.00. The third kappa shape index (κ3) is 4.02. The van der Waals surface area contributed by atoms with Crippen LogP contribution in [0.25, 0.3) is 0 Å². The van der Waals surface area contributed by atoms with Gasteiger partial charge in [-0.15, -0.1) is 11.3 Å². The van der Waals surface area contributed by atoms with Gasteiger partial charge in [-0.3, -0.25) is 9.59 Å². The number of nitrogens with zero attached hydrogens (tertiary/aromatic N) is 1. The zero-order valence-corrected chi connectivity index (χ0v) is 12.7. The molecule has 0 aliphatic heterocycles. The summed E-state index contributed by atoms with van der Waals surface area (Å²) in [5.41, 5.74) is 0.839. The van der Waals surface area contributed by atoms with Crippen LogP contribution in [-0.4, -0.2) is 22.0 Å². The van der Waals surface area contributed by atoms with Gasteiger partial charge in [-0.2, -0.15) is 0 Å². The van der Waals surface area contributed by atoms with Crippen LogP contribution in [0.2, 0.25) is 0 Å². The fourth-order valence-electron chi connectivity index (χ4n) is 1.34. The van der Waals surface area contributed by atoms with Crippen LogP contribution < -0.4 is 5.32 Å². The molecule has 0 aliphatic carbocycles. The van der Waals surface area contributed by atoms with E-state index in [9.17, 15) is 9.59 Å². The summed E-state index contributed by atoms with van der Waals surface area (Å²) in [6, 6.07) is 0. The molecular weight excluding hydrogens is 264 g/mol. The smallest absolute Gasteiger partial charge is 0.307 e. The Kier molecular flexibility index (Phi) is 4.68. The quantitative estimate of drug-likeness (QED) is 0.891. The van der Waals surface area contributed by atoms with Gasteiger partial charge in [0.15, 0.2) is 5.13 Å². The molecular formula is C13H20N2O3S. The number of aliphatic carboxylic acids is 1. The van der Waals surface area contributed by atoms with E-state index in [0.29, 0.717) is 5.13 Å². The Morgan fingerprint density at radius 3 is 2.32 bits per heavy atom. The van der Waals surface area contributed by atoms with Crippen molar-refractivity contribution in [2.45, 2.75) is 40.0 Å². The number of carboxylic acid groups (broad SMARTS) is 1. The minimum Gasteiger partial charge on any atom is -0.481 e. The van der Waals surface area contributed by atoms with Crippen LogP contribution in [0.15, 0.2) is 5.38 Å². The number of carbonyl (C=O) groups is 2. The Morgan fingerprint density at radius 2 is 1.89 bits per heavy atom. The number of carboxylic acids is 1. The highest BCUT2D eigenvalue weighted by Crippen LogP contribution is 2.26. The van der Waals surface area contributed by atoms with Crippen LogP contribution in [0.3, 0.4) is 0 Å². The first-order chi connectivity index (χ1) is 8.62. The van der Waals surface area contributed by atoms with E-state index < -0.39 is 17.8 Å². The predicted octanol–water partition coefficient (Wildman–Crippen LogP) is 2.74. The van der Waals surface area contributed by atoms with E-state index >= 15 is 0 Å². The molecule has 2 N–H and O–H groups in total. The van der Waals surface area contributed by atoms with Gasteiger partial charge in [-0.25, -0.2) is 4.98 Å². The van der Waals surface area contributed by atoms with Gasteiger partial charge in [0.1, 0.15) is 0 Å². The fraction of sp³-hybridized carbons (Fsp3) is 0.615. The zero-order valence-electron chi connectivity index (χ0n) is 11.9. The third-order valence-electron chi connectivity index (χ3n) is 3.06. The highest BCUT2D eigenvalue weighted by Gasteiger charge is 2.26. The van der Waals surface area contributed by atoms with Gasteiger partial charge >= 0.3 is 5.97 Å². The van der Waals surface area contributed by atoms with Gasteiger partial charge in [0.25, 0.3) is 0 Å². The molecule has 19 heavy (non-hydrogen) atoms. The Morgan fingerprint density at radius 1 is 1.32 bits per heavy atom. The second kappa shape index (κ2) is 5.69. The Labute approximate surface area is 117 Å². The lowest BCUT2D eigenvalue weighted by Gasteiger charge is -2.15. The molecule has 2 unspecified atom stereocenters. The maximum atomic E-state index is 11.9.